The summed E-state index contributed by atoms with van der Waals surface area (Å²) in [6.07, 6.45) is 0. The number of benzene rings is 1. The van der Waals surface area contributed by atoms with Crippen molar-refractivity contribution in [1.82, 2.24) is 0 Å². The average Bonchev–Trinajstić information content (AvgIpc) is 2.01. The van der Waals surface area contributed by atoms with Gasteiger partial charge in [-0.1, -0.05) is 0 Å². The molecule has 0 aliphatic carbocycles. The summed E-state index contributed by atoms with van der Waals surface area (Å²) < 4.78 is 17.9. The molecule has 0 aromatic heterocycles. The SMILES string of the molecule is CCOc1cc(F)c(C)cc1O. The van der Waals surface area contributed by atoms with Crippen molar-refractivity contribution < 1.29 is 14.2 Å². The van der Waals surface area contributed by atoms with Gasteiger partial charge in [0.1, 0.15) is 5.82 Å². The second-order valence-corrected chi connectivity index (χ2v) is 2.50. The molecule has 0 atom stereocenters. The largest absolute Gasteiger partial charge is 0.504 e. The lowest BCUT2D eigenvalue weighted by Crippen LogP contribution is -1.93. The quantitative estimate of drug-likeness (QED) is 0.737. The highest BCUT2D eigenvalue weighted by atomic mass is 19.1. The second kappa shape index (κ2) is 3.43. The highest BCUT2D eigenvalue weighted by Gasteiger charge is 2.06. The molecule has 0 saturated carbocycles. The van der Waals surface area contributed by atoms with Crippen molar-refractivity contribution in [2.24, 2.45) is 0 Å². The first-order valence-electron chi connectivity index (χ1n) is 3.77. The van der Waals surface area contributed by atoms with E-state index in [1.807, 2.05) is 0 Å². The zero-order chi connectivity index (χ0) is 9.14. The highest BCUT2D eigenvalue weighted by Crippen LogP contribution is 2.28. The number of hydrogen-bond donors (Lipinski definition) is 1. The summed E-state index contributed by atoms with van der Waals surface area (Å²) in [6.45, 7) is 3.78. The molecule has 1 aromatic carbocycles. The van der Waals surface area contributed by atoms with Gasteiger partial charge in [-0.15, -0.1) is 0 Å². The number of aryl methyl sites for hydroxylation is 1. The van der Waals surface area contributed by atoms with Crippen LogP contribution in [0.1, 0.15) is 12.5 Å². The van der Waals surface area contributed by atoms with E-state index in [4.69, 9.17) is 4.74 Å². The lowest BCUT2D eigenvalue weighted by Gasteiger charge is -2.06. The molecule has 1 aromatic rings. The van der Waals surface area contributed by atoms with Gasteiger partial charge in [-0.2, -0.15) is 0 Å². The molecule has 0 unspecified atom stereocenters. The Morgan fingerprint density at radius 1 is 1.50 bits per heavy atom. The van der Waals surface area contributed by atoms with Crippen LogP contribution in [0.2, 0.25) is 0 Å². The zero-order valence-electron chi connectivity index (χ0n) is 7.10. The molecule has 12 heavy (non-hydrogen) atoms. The standard InChI is InChI=1S/C9H11FO2/c1-3-12-9-5-7(10)6(2)4-8(9)11/h4-5,11H,3H2,1-2H3. The summed E-state index contributed by atoms with van der Waals surface area (Å²) in [6, 6.07) is 2.54. The Morgan fingerprint density at radius 2 is 2.17 bits per heavy atom. The van der Waals surface area contributed by atoms with Crippen LogP contribution < -0.4 is 4.74 Å². The third-order valence-electron chi connectivity index (χ3n) is 1.54. The third-order valence-corrected chi connectivity index (χ3v) is 1.54. The minimum absolute atomic E-state index is 0.0178. The molecule has 0 spiro atoms. The van der Waals surface area contributed by atoms with Crippen molar-refractivity contribution in [3.8, 4) is 11.5 Å². The molecule has 3 heteroatoms. The number of hydrogen-bond acceptors (Lipinski definition) is 2. The van der Waals surface area contributed by atoms with Gasteiger partial charge < -0.3 is 9.84 Å². The minimum atomic E-state index is -0.365. The van der Waals surface area contributed by atoms with Crippen molar-refractivity contribution in [3.63, 3.8) is 0 Å². The number of halogens is 1. The Hall–Kier alpha value is -1.25. The van der Waals surface area contributed by atoms with E-state index in [0.717, 1.165) is 0 Å². The third kappa shape index (κ3) is 1.67. The van der Waals surface area contributed by atoms with E-state index in [1.54, 1.807) is 13.8 Å². The molecular weight excluding hydrogens is 159 g/mol. The summed E-state index contributed by atoms with van der Waals surface area (Å²) in [5.74, 6) is -0.187. The van der Waals surface area contributed by atoms with E-state index >= 15 is 0 Å². The summed E-state index contributed by atoms with van der Waals surface area (Å²) in [5, 5.41) is 9.26. The van der Waals surface area contributed by atoms with Gasteiger partial charge in [0.05, 0.1) is 6.61 Å². The number of phenolic OH excluding ortho intramolecular Hbond substituents is 1. The van der Waals surface area contributed by atoms with Gasteiger partial charge in [-0.3, -0.25) is 0 Å². The summed E-state index contributed by atoms with van der Waals surface area (Å²) in [5.41, 5.74) is 0.413. The van der Waals surface area contributed by atoms with Crippen molar-refractivity contribution in [2.75, 3.05) is 6.61 Å². The van der Waals surface area contributed by atoms with Crippen LogP contribution in [-0.2, 0) is 0 Å². The summed E-state index contributed by atoms with van der Waals surface area (Å²) >= 11 is 0. The fraction of sp³-hybridized carbons (Fsp3) is 0.333. The second-order valence-electron chi connectivity index (χ2n) is 2.50. The first-order chi connectivity index (χ1) is 5.65. The zero-order valence-corrected chi connectivity index (χ0v) is 7.10. The Labute approximate surface area is 70.6 Å². The fourth-order valence-corrected chi connectivity index (χ4v) is 0.919. The number of ether oxygens (including phenoxy) is 1. The van der Waals surface area contributed by atoms with Crippen molar-refractivity contribution in [3.05, 3.63) is 23.5 Å². The number of aromatic hydroxyl groups is 1. The Morgan fingerprint density at radius 3 is 2.75 bits per heavy atom. The molecule has 1 N–H and O–H groups in total. The Bertz CT molecular complexity index is 284. The first kappa shape index (κ1) is 8.84. The van der Waals surface area contributed by atoms with Crippen LogP contribution in [0.3, 0.4) is 0 Å². The van der Waals surface area contributed by atoms with Crippen LogP contribution in [-0.4, -0.2) is 11.7 Å². The maximum atomic E-state index is 12.9. The van der Waals surface area contributed by atoms with Gasteiger partial charge >= 0.3 is 0 Å². The predicted molar refractivity (Wildman–Crippen MR) is 44.0 cm³/mol. The van der Waals surface area contributed by atoms with Crippen molar-refractivity contribution in [2.45, 2.75) is 13.8 Å². The van der Waals surface area contributed by atoms with Crippen LogP contribution in [0, 0.1) is 12.7 Å². The van der Waals surface area contributed by atoms with Gasteiger partial charge in [-0.25, -0.2) is 4.39 Å². The first-order valence-corrected chi connectivity index (χ1v) is 3.77. The molecule has 0 aliphatic rings. The molecule has 0 bridgehead atoms. The van der Waals surface area contributed by atoms with E-state index in [2.05, 4.69) is 0 Å². The maximum absolute atomic E-state index is 12.9. The van der Waals surface area contributed by atoms with Gasteiger partial charge in [0.2, 0.25) is 0 Å². The van der Waals surface area contributed by atoms with Crippen LogP contribution in [0.15, 0.2) is 12.1 Å². The molecule has 0 heterocycles. The smallest absolute Gasteiger partial charge is 0.163 e. The topological polar surface area (TPSA) is 29.5 Å². The molecular formula is C9H11FO2. The average molecular weight is 170 g/mol. The van der Waals surface area contributed by atoms with Crippen LogP contribution >= 0.6 is 0 Å². The van der Waals surface area contributed by atoms with E-state index < -0.39 is 0 Å². The molecule has 66 valence electrons. The lowest BCUT2D eigenvalue weighted by atomic mass is 10.2. The normalized spacial score (nSPS) is 9.92. The van der Waals surface area contributed by atoms with Crippen LogP contribution in [0.25, 0.3) is 0 Å². The maximum Gasteiger partial charge on any atom is 0.163 e. The molecule has 1 rings (SSSR count). The summed E-state index contributed by atoms with van der Waals surface area (Å²) in [7, 11) is 0. The summed E-state index contributed by atoms with van der Waals surface area (Å²) in [4.78, 5) is 0. The number of rotatable bonds is 2. The van der Waals surface area contributed by atoms with Gasteiger partial charge in [0, 0.05) is 6.07 Å². The fourth-order valence-electron chi connectivity index (χ4n) is 0.919. The van der Waals surface area contributed by atoms with E-state index in [9.17, 15) is 9.50 Å². The van der Waals surface area contributed by atoms with Gasteiger partial charge in [0.25, 0.3) is 0 Å². The highest BCUT2D eigenvalue weighted by molar-refractivity contribution is 5.42. The Balaban J connectivity index is 3.05. The predicted octanol–water partition coefficient (Wildman–Crippen LogP) is 2.24. The number of phenols is 1. The molecule has 0 aliphatic heterocycles. The van der Waals surface area contributed by atoms with Crippen LogP contribution in [0.5, 0.6) is 11.5 Å². The molecule has 0 amide bonds. The molecule has 0 fully saturated rings. The van der Waals surface area contributed by atoms with Crippen molar-refractivity contribution in [1.29, 1.82) is 0 Å². The Kier molecular flexibility index (Phi) is 2.53. The minimum Gasteiger partial charge on any atom is -0.504 e. The van der Waals surface area contributed by atoms with Gasteiger partial charge in [0.15, 0.2) is 11.5 Å². The molecule has 0 saturated heterocycles. The molecule has 0 radical (unpaired) electrons. The van der Waals surface area contributed by atoms with Crippen LogP contribution in [0.4, 0.5) is 4.39 Å². The lowest BCUT2D eigenvalue weighted by molar-refractivity contribution is 0.315. The van der Waals surface area contributed by atoms with Crippen molar-refractivity contribution >= 4 is 0 Å². The van der Waals surface area contributed by atoms with E-state index in [0.29, 0.717) is 12.2 Å². The van der Waals surface area contributed by atoms with E-state index in [-0.39, 0.29) is 17.3 Å². The van der Waals surface area contributed by atoms with E-state index in [1.165, 1.54) is 12.1 Å². The van der Waals surface area contributed by atoms with Gasteiger partial charge in [-0.05, 0) is 25.5 Å². The molecule has 2 nitrogen and oxygen atoms in total. The monoisotopic (exact) mass is 170 g/mol.